The molecule has 1 aliphatic heterocycles. The monoisotopic (exact) mass is 276 g/mol. The van der Waals surface area contributed by atoms with Gasteiger partial charge in [0.2, 0.25) is 5.88 Å². The van der Waals surface area contributed by atoms with Crippen molar-refractivity contribution in [3.63, 3.8) is 0 Å². The number of rotatable bonds is 2. The molecule has 1 aromatic heterocycles. The number of hydrogen-bond acceptors (Lipinski definition) is 3. The summed E-state index contributed by atoms with van der Waals surface area (Å²) in [6.07, 6.45) is -0.311. The minimum atomic E-state index is -2.81. The fourth-order valence-electron chi connectivity index (χ4n) is 1.79. The minimum absolute atomic E-state index is 0.0358. The Morgan fingerprint density at radius 1 is 1.56 bits per heavy atom. The third-order valence-corrected chi connectivity index (χ3v) is 2.88. The van der Waals surface area contributed by atoms with Crippen molar-refractivity contribution in [2.45, 2.75) is 12.3 Å². The molecule has 1 amide bonds. The van der Waals surface area contributed by atoms with Crippen LogP contribution in [-0.2, 0) is 0 Å². The van der Waals surface area contributed by atoms with Crippen molar-refractivity contribution in [1.82, 2.24) is 9.88 Å². The third kappa shape index (κ3) is 2.69. The Morgan fingerprint density at radius 2 is 2.28 bits per heavy atom. The van der Waals surface area contributed by atoms with Gasteiger partial charge in [0, 0.05) is 24.6 Å². The van der Waals surface area contributed by atoms with Crippen molar-refractivity contribution in [1.29, 1.82) is 0 Å². The van der Waals surface area contributed by atoms with E-state index in [9.17, 15) is 13.6 Å². The van der Waals surface area contributed by atoms with Crippen LogP contribution in [-0.4, -0.2) is 41.9 Å². The smallest absolute Gasteiger partial charge is 0.267 e. The van der Waals surface area contributed by atoms with Crippen LogP contribution in [0.15, 0.2) is 12.1 Å². The summed E-state index contributed by atoms with van der Waals surface area (Å²) in [5.41, 5.74) is 0.199. The number of carbonyl (C=O) groups excluding carboxylic acids is 1. The predicted molar refractivity (Wildman–Crippen MR) is 61.3 cm³/mol. The zero-order valence-electron chi connectivity index (χ0n) is 9.62. The molecule has 4 nitrogen and oxygen atoms in total. The summed E-state index contributed by atoms with van der Waals surface area (Å²) in [5.74, 6) is -3.12. The number of amides is 1. The summed E-state index contributed by atoms with van der Waals surface area (Å²) < 4.78 is 31.0. The number of methoxy groups -OCH3 is 1. The van der Waals surface area contributed by atoms with E-state index in [1.165, 1.54) is 19.2 Å². The number of aromatic nitrogens is 1. The molecule has 0 N–H and O–H groups in total. The molecule has 7 heteroatoms. The molecular weight excluding hydrogens is 266 g/mol. The molecular formula is C11H11ClF2N2O2. The molecule has 0 aromatic carbocycles. The fraction of sp³-hybridized carbons (Fsp3) is 0.455. The summed E-state index contributed by atoms with van der Waals surface area (Å²) in [6, 6.07) is 2.72. The second kappa shape index (κ2) is 4.68. The summed E-state index contributed by atoms with van der Waals surface area (Å²) in [5, 5.41) is 0.0867. The first-order chi connectivity index (χ1) is 8.41. The highest BCUT2D eigenvalue weighted by Gasteiger charge is 2.40. The number of alkyl halides is 2. The molecule has 1 saturated heterocycles. The third-order valence-electron chi connectivity index (χ3n) is 2.68. The molecule has 0 spiro atoms. The molecule has 0 unspecified atom stereocenters. The van der Waals surface area contributed by atoms with Crippen LogP contribution in [0.5, 0.6) is 5.88 Å². The maximum Gasteiger partial charge on any atom is 0.267 e. The summed E-state index contributed by atoms with van der Waals surface area (Å²) >= 11 is 5.73. The van der Waals surface area contributed by atoms with Crippen molar-refractivity contribution in [2.24, 2.45) is 0 Å². The van der Waals surface area contributed by atoms with E-state index < -0.39 is 18.4 Å². The van der Waals surface area contributed by atoms with E-state index >= 15 is 0 Å². The normalized spacial score (nSPS) is 17.9. The van der Waals surface area contributed by atoms with Gasteiger partial charge in [0.25, 0.3) is 11.8 Å². The maximum atomic E-state index is 13.0. The SMILES string of the molecule is COc1cc(C(=O)N2CCC(F)(F)C2)cc(Cl)n1. The number of carbonyl (C=O) groups is 1. The first-order valence-corrected chi connectivity index (χ1v) is 5.68. The van der Waals surface area contributed by atoms with Gasteiger partial charge in [0.1, 0.15) is 5.15 Å². The average molecular weight is 277 g/mol. The Labute approximate surface area is 108 Å². The van der Waals surface area contributed by atoms with Crippen LogP contribution in [0.3, 0.4) is 0 Å². The molecule has 2 heterocycles. The molecule has 1 aliphatic rings. The molecule has 1 aromatic rings. The first-order valence-electron chi connectivity index (χ1n) is 5.30. The van der Waals surface area contributed by atoms with Gasteiger partial charge in [-0.15, -0.1) is 0 Å². The predicted octanol–water partition coefficient (Wildman–Crippen LogP) is 2.22. The van der Waals surface area contributed by atoms with Gasteiger partial charge in [-0.25, -0.2) is 13.8 Å². The highest BCUT2D eigenvalue weighted by atomic mass is 35.5. The molecule has 98 valence electrons. The van der Waals surface area contributed by atoms with Gasteiger partial charge < -0.3 is 9.64 Å². The Kier molecular flexibility index (Phi) is 3.38. The van der Waals surface area contributed by atoms with Crippen LogP contribution >= 0.6 is 11.6 Å². The Bertz CT molecular complexity index is 482. The van der Waals surface area contributed by atoms with Crippen molar-refractivity contribution in [2.75, 3.05) is 20.2 Å². The fourth-order valence-corrected chi connectivity index (χ4v) is 1.99. The molecule has 1 fully saturated rings. The molecule has 0 aliphatic carbocycles. The molecule has 18 heavy (non-hydrogen) atoms. The largest absolute Gasteiger partial charge is 0.481 e. The lowest BCUT2D eigenvalue weighted by molar-refractivity contribution is 0.0120. The van der Waals surface area contributed by atoms with Gasteiger partial charge in [-0.1, -0.05) is 11.6 Å². The van der Waals surface area contributed by atoms with Crippen LogP contribution in [0.4, 0.5) is 8.78 Å². The van der Waals surface area contributed by atoms with E-state index in [1.807, 2.05) is 0 Å². The highest BCUT2D eigenvalue weighted by molar-refractivity contribution is 6.29. The second-order valence-corrected chi connectivity index (χ2v) is 4.44. The lowest BCUT2D eigenvalue weighted by Crippen LogP contribution is -2.31. The topological polar surface area (TPSA) is 42.4 Å². The minimum Gasteiger partial charge on any atom is -0.481 e. The molecule has 0 saturated carbocycles. The number of ether oxygens (including phenoxy) is 1. The number of nitrogens with zero attached hydrogens (tertiary/aromatic N) is 2. The summed E-state index contributed by atoms with van der Waals surface area (Å²) in [6.45, 7) is -0.526. The van der Waals surface area contributed by atoms with Crippen molar-refractivity contribution in [3.8, 4) is 5.88 Å². The van der Waals surface area contributed by atoms with Crippen LogP contribution in [0.1, 0.15) is 16.8 Å². The number of halogens is 3. The number of likely N-dealkylation sites (tertiary alicyclic amines) is 1. The number of pyridine rings is 1. The number of hydrogen-bond donors (Lipinski definition) is 0. The Morgan fingerprint density at radius 3 is 2.83 bits per heavy atom. The van der Waals surface area contributed by atoms with Gasteiger partial charge in [0.05, 0.1) is 13.7 Å². The first kappa shape index (κ1) is 13.0. The molecule has 0 atom stereocenters. The molecule has 2 rings (SSSR count). The van der Waals surface area contributed by atoms with E-state index in [4.69, 9.17) is 16.3 Å². The van der Waals surface area contributed by atoms with Crippen molar-refractivity contribution < 1.29 is 18.3 Å². The van der Waals surface area contributed by atoms with E-state index in [1.54, 1.807) is 0 Å². The Hall–Kier alpha value is -1.43. The Balaban J connectivity index is 2.21. The van der Waals surface area contributed by atoms with Gasteiger partial charge in [-0.2, -0.15) is 0 Å². The zero-order valence-corrected chi connectivity index (χ0v) is 10.4. The van der Waals surface area contributed by atoms with Gasteiger partial charge in [-0.3, -0.25) is 4.79 Å². The highest BCUT2D eigenvalue weighted by Crippen LogP contribution is 2.28. The van der Waals surface area contributed by atoms with Crippen LogP contribution in [0.25, 0.3) is 0 Å². The van der Waals surface area contributed by atoms with Gasteiger partial charge in [0.15, 0.2) is 0 Å². The molecule has 0 radical (unpaired) electrons. The van der Waals surface area contributed by atoms with Crippen molar-refractivity contribution in [3.05, 3.63) is 22.8 Å². The lowest BCUT2D eigenvalue weighted by atomic mass is 10.2. The van der Waals surface area contributed by atoms with Crippen LogP contribution < -0.4 is 4.74 Å². The van der Waals surface area contributed by atoms with Gasteiger partial charge >= 0.3 is 0 Å². The standard InChI is InChI=1S/C11H11ClF2N2O2/c1-18-9-5-7(4-8(12)15-9)10(17)16-3-2-11(13,14)6-16/h4-5H,2-3,6H2,1H3. The van der Waals surface area contributed by atoms with E-state index in [0.717, 1.165) is 4.90 Å². The maximum absolute atomic E-state index is 13.0. The zero-order chi connectivity index (χ0) is 13.3. The lowest BCUT2D eigenvalue weighted by Gasteiger charge is -2.16. The van der Waals surface area contributed by atoms with E-state index in [0.29, 0.717) is 0 Å². The average Bonchev–Trinajstić information content (AvgIpc) is 2.67. The van der Waals surface area contributed by atoms with Crippen LogP contribution in [0.2, 0.25) is 5.15 Å². The summed E-state index contributed by atoms with van der Waals surface area (Å²) in [4.78, 5) is 16.9. The summed E-state index contributed by atoms with van der Waals surface area (Å²) in [7, 11) is 1.39. The quantitative estimate of drug-likeness (QED) is 0.778. The second-order valence-electron chi connectivity index (χ2n) is 4.05. The van der Waals surface area contributed by atoms with E-state index in [2.05, 4.69) is 4.98 Å². The van der Waals surface area contributed by atoms with Crippen molar-refractivity contribution >= 4 is 17.5 Å². The van der Waals surface area contributed by atoms with Gasteiger partial charge in [-0.05, 0) is 6.07 Å². The van der Waals surface area contributed by atoms with E-state index in [-0.39, 0.29) is 29.6 Å². The molecule has 0 bridgehead atoms. The van der Waals surface area contributed by atoms with Crippen LogP contribution in [0, 0.1) is 0 Å².